The van der Waals surface area contributed by atoms with Crippen molar-refractivity contribution in [3.8, 4) is 0 Å². The van der Waals surface area contributed by atoms with Gasteiger partial charge in [-0.2, -0.15) is 19.9 Å². The number of amides is 4. The Morgan fingerprint density at radius 3 is 1.47 bits per heavy atom. The van der Waals surface area contributed by atoms with E-state index in [0.717, 1.165) is 0 Å². The Labute approximate surface area is 331 Å². The van der Waals surface area contributed by atoms with Crippen LogP contribution in [0, 0.1) is 0 Å². The van der Waals surface area contributed by atoms with Gasteiger partial charge in [-0.25, -0.2) is 14.8 Å². The summed E-state index contributed by atoms with van der Waals surface area (Å²) in [6.07, 6.45) is 0.601. The molecule has 2 saturated carbocycles. The van der Waals surface area contributed by atoms with Crippen LogP contribution in [0.1, 0.15) is 64.5 Å². The van der Waals surface area contributed by atoms with Gasteiger partial charge >= 0.3 is 6.03 Å². The van der Waals surface area contributed by atoms with Crippen LogP contribution in [0.25, 0.3) is 22.3 Å². The normalized spacial score (nSPS) is 29.8. The molecule has 6 unspecified atom stereocenters. The predicted octanol–water partition coefficient (Wildman–Crippen LogP) is -2.59. The molecule has 23 heteroatoms. The highest BCUT2D eigenvalue weighted by molar-refractivity contribution is 5.84. The van der Waals surface area contributed by atoms with Gasteiger partial charge in [0.05, 0.1) is 36.8 Å². The SMILES string of the molecule is CCC(=O)NC1CC(n2cnc3c(N)nc(N4CCC(NC(=O)N[C@H]5CCN(c6nc(N)c7ncn([C@@H]8C[C@@H](NC(=O)CC)C(O)[C@@H]8O)c7n6)C5)C4)nc32)C(O)C1O. The Morgan fingerprint density at radius 1 is 0.655 bits per heavy atom. The Bertz CT molecular complexity index is 2050. The molecule has 312 valence electrons. The Kier molecular flexibility index (Phi) is 10.5. The summed E-state index contributed by atoms with van der Waals surface area (Å²) in [6.45, 7) is 5.34. The molecule has 10 atom stereocenters. The van der Waals surface area contributed by atoms with E-state index in [9.17, 15) is 34.8 Å². The molecular formula is C35H50N16O7. The lowest BCUT2D eigenvalue weighted by molar-refractivity contribution is -0.123. The average Bonchev–Trinajstić information content (AvgIpc) is 4.07. The molecule has 0 bridgehead atoms. The number of urea groups is 1. The number of anilines is 4. The molecule has 0 radical (unpaired) electrons. The van der Waals surface area contributed by atoms with E-state index in [4.69, 9.17) is 21.4 Å². The fourth-order valence-electron chi connectivity index (χ4n) is 8.62. The van der Waals surface area contributed by atoms with Crippen LogP contribution in [0.2, 0.25) is 0 Å². The van der Waals surface area contributed by atoms with Crippen LogP contribution in [0.4, 0.5) is 28.3 Å². The molecule has 4 aromatic rings. The molecule has 4 amide bonds. The van der Waals surface area contributed by atoms with Crippen LogP contribution in [-0.2, 0) is 9.59 Å². The van der Waals surface area contributed by atoms with E-state index in [1.54, 1.807) is 23.0 Å². The van der Waals surface area contributed by atoms with Crippen molar-refractivity contribution in [3.05, 3.63) is 12.7 Å². The summed E-state index contributed by atoms with van der Waals surface area (Å²) >= 11 is 0. The highest BCUT2D eigenvalue weighted by Crippen LogP contribution is 2.36. The lowest BCUT2D eigenvalue weighted by atomic mass is 10.2. The van der Waals surface area contributed by atoms with Crippen molar-refractivity contribution in [2.45, 2.75) is 113 Å². The van der Waals surface area contributed by atoms with Gasteiger partial charge in [0.15, 0.2) is 22.9 Å². The summed E-state index contributed by atoms with van der Waals surface area (Å²) in [7, 11) is 0. The summed E-state index contributed by atoms with van der Waals surface area (Å²) in [4.78, 5) is 68.3. The predicted molar refractivity (Wildman–Crippen MR) is 208 cm³/mol. The van der Waals surface area contributed by atoms with Crippen molar-refractivity contribution >= 4 is 63.7 Å². The van der Waals surface area contributed by atoms with Crippen molar-refractivity contribution in [1.29, 1.82) is 0 Å². The monoisotopic (exact) mass is 806 g/mol. The summed E-state index contributed by atoms with van der Waals surface area (Å²) in [5, 5.41) is 54.8. The molecule has 2 saturated heterocycles. The van der Waals surface area contributed by atoms with Crippen LogP contribution < -0.4 is 42.5 Å². The first-order chi connectivity index (χ1) is 27.8. The molecule has 8 rings (SSSR count). The van der Waals surface area contributed by atoms with Crippen molar-refractivity contribution in [2.24, 2.45) is 0 Å². The molecule has 2 aliphatic carbocycles. The van der Waals surface area contributed by atoms with Gasteiger partial charge in [0, 0.05) is 51.1 Å². The maximum atomic E-state index is 13.2. The summed E-state index contributed by atoms with van der Waals surface area (Å²) in [5.41, 5.74) is 14.1. The van der Waals surface area contributed by atoms with E-state index >= 15 is 0 Å². The smallest absolute Gasteiger partial charge is 0.315 e. The number of carbonyl (C=O) groups excluding carboxylic acids is 3. The molecular weight excluding hydrogens is 756 g/mol. The van der Waals surface area contributed by atoms with Crippen LogP contribution in [0.5, 0.6) is 0 Å². The number of aliphatic hydroxyl groups is 4. The molecule has 4 aromatic heterocycles. The molecule has 6 heterocycles. The van der Waals surface area contributed by atoms with Gasteiger partial charge in [-0.05, 0) is 25.7 Å². The standard InChI is InChI=1S/C35H50N16O7/c1-3-21(52)42-17-9-19(27(56)25(17)54)50-13-38-23-29(36)44-33(46-31(23)50)48-7-5-15(11-48)40-35(58)41-16-6-8-49(12-16)34-45-30(37)24-32(47-34)51(14-39-24)20-10-18(26(55)28(20)57)43-22(53)4-2/h13-20,25-28,54-57H,3-12H2,1-2H3,(H,42,52)(H,43,53)(H2,36,44,46)(H2,37,45,47)(H2,40,41,58)/t15-,16?,17+,18?,19+,20?,25?,26?,27+,28?/m0/s1. The number of nitrogens with one attached hydrogen (secondary N) is 4. The maximum absolute atomic E-state index is 13.2. The van der Waals surface area contributed by atoms with Gasteiger partial charge in [0.25, 0.3) is 0 Å². The molecule has 2 aliphatic heterocycles. The Balaban J connectivity index is 0.883. The van der Waals surface area contributed by atoms with Crippen molar-refractivity contribution in [2.75, 3.05) is 47.4 Å². The highest BCUT2D eigenvalue weighted by atomic mass is 16.3. The number of aromatic nitrogens is 8. The third-order valence-corrected chi connectivity index (χ3v) is 11.8. The number of aliphatic hydroxyl groups excluding tert-OH is 4. The first-order valence-electron chi connectivity index (χ1n) is 19.7. The molecule has 0 spiro atoms. The van der Waals surface area contributed by atoms with Gasteiger partial charge in [-0.3, -0.25) is 9.59 Å². The minimum Gasteiger partial charge on any atom is -0.388 e. The lowest BCUT2D eigenvalue weighted by Gasteiger charge is -2.21. The first-order valence-corrected chi connectivity index (χ1v) is 19.7. The van der Waals surface area contributed by atoms with E-state index in [1.165, 1.54) is 12.7 Å². The number of hydrogen-bond donors (Lipinski definition) is 10. The minimum absolute atomic E-state index is 0.151. The van der Waals surface area contributed by atoms with E-state index in [1.807, 2.05) is 9.80 Å². The number of nitrogens with zero attached hydrogens (tertiary/aromatic N) is 10. The number of hydrogen-bond acceptors (Lipinski definition) is 17. The Hall–Kier alpha value is -5.65. The zero-order valence-corrected chi connectivity index (χ0v) is 32.1. The van der Waals surface area contributed by atoms with E-state index in [-0.39, 0.29) is 67.2 Å². The van der Waals surface area contributed by atoms with Crippen LogP contribution in [0.15, 0.2) is 12.7 Å². The van der Waals surface area contributed by atoms with Crippen LogP contribution in [0.3, 0.4) is 0 Å². The number of carbonyl (C=O) groups is 3. The number of fused-ring (bicyclic) bond motifs is 2. The fourth-order valence-corrected chi connectivity index (χ4v) is 8.62. The van der Waals surface area contributed by atoms with Gasteiger partial charge in [-0.1, -0.05) is 13.8 Å². The van der Waals surface area contributed by atoms with E-state index in [2.05, 4.69) is 41.2 Å². The second-order valence-corrected chi connectivity index (χ2v) is 15.6. The van der Waals surface area contributed by atoms with Crippen LogP contribution in [-0.4, -0.2) is 152 Å². The molecule has 12 N–H and O–H groups in total. The largest absolute Gasteiger partial charge is 0.388 e. The topological polar surface area (TPSA) is 326 Å². The molecule has 4 aliphatic rings. The summed E-state index contributed by atoms with van der Waals surface area (Å²) in [6, 6.07) is -3.27. The van der Waals surface area contributed by atoms with Gasteiger partial charge < -0.3 is 72.1 Å². The third kappa shape index (κ3) is 7.22. The number of imidazole rings is 2. The Morgan fingerprint density at radius 2 is 1.07 bits per heavy atom. The molecule has 4 fully saturated rings. The quantitative estimate of drug-likeness (QED) is 0.0786. The van der Waals surface area contributed by atoms with Gasteiger partial charge in [0.2, 0.25) is 23.7 Å². The van der Waals surface area contributed by atoms with Crippen molar-refractivity contribution < 1.29 is 34.8 Å². The number of rotatable bonds is 10. The van der Waals surface area contributed by atoms with Gasteiger partial charge in [-0.15, -0.1) is 0 Å². The zero-order chi connectivity index (χ0) is 41.0. The van der Waals surface area contributed by atoms with E-state index in [0.29, 0.717) is 73.2 Å². The number of nitrogens with two attached hydrogens (primary N) is 2. The average molecular weight is 807 g/mol. The fraction of sp³-hybridized carbons (Fsp3) is 0.629. The van der Waals surface area contributed by atoms with Crippen molar-refractivity contribution in [3.63, 3.8) is 0 Å². The lowest BCUT2D eigenvalue weighted by Crippen LogP contribution is -2.48. The molecule has 23 nitrogen and oxygen atoms in total. The van der Waals surface area contributed by atoms with Crippen molar-refractivity contribution in [1.82, 2.24) is 60.3 Å². The second kappa shape index (κ2) is 15.6. The number of nitrogen functional groups attached to an aromatic ring is 2. The summed E-state index contributed by atoms with van der Waals surface area (Å²) < 4.78 is 3.32. The zero-order valence-electron chi connectivity index (χ0n) is 32.1. The first kappa shape index (κ1) is 39.2. The minimum atomic E-state index is -1.17. The van der Waals surface area contributed by atoms with Crippen LogP contribution >= 0.6 is 0 Å². The third-order valence-electron chi connectivity index (χ3n) is 11.8. The molecule has 0 aromatic carbocycles. The van der Waals surface area contributed by atoms with E-state index < -0.39 is 48.6 Å². The summed E-state index contributed by atoms with van der Waals surface area (Å²) in [5.74, 6) is 0.529. The van der Waals surface area contributed by atoms with Gasteiger partial charge in [0.1, 0.15) is 35.4 Å². The molecule has 58 heavy (non-hydrogen) atoms. The second-order valence-electron chi connectivity index (χ2n) is 15.6. The highest BCUT2D eigenvalue weighted by Gasteiger charge is 2.45. The maximum Gasteiger partial charge on any atom is 0.315 e.